The molecule has 0 radical (unpaired) electrons. The van der Waals surface area contributed by atoms with Crippen molar-refractivity contribution in [3.63, 3.8) is 0 Å². The van der Waals surface area contributed by atoms with Crippen LogP contribution in [-0.4, -0.2) is 27.3 Å². The van der Waals surface area contributed by atoms with E-state index >= 15 is 0 Å². The first-order valence-electron chi connectivity index (χ1n) is 7.57. The number of esters is 1. The summed E-state index contributed by atoms with van der Waals surface area (Å²) in [5.74, 6) is -0.00216. The summed E-state index contributed by atoms with van der Waals surface area (Å²) in [5, 5.41) is 1.79. The molecule has 0 N–H and O–H groups in total. The Kier molecular flexibility index (Phi) is 4.87. The molecule has 24 heavy (non-hydrogen) atoms. The molecule has 0 saturated heterocycles. The number of benzene rings is 1. The third-order valence-corrected chi connectivity index (χ3v) is 5.17. The Bertz CT molecular complexity index is 854. The first-order valence-corrected chi connectivity index (χ1v) is 9.37. The lowest BCUT2D eigenvalue weighted by Crippen LogP contribution is -2.24. The van der Waals surface area contributed by atoms with E-state index in [1.54, 1.807) is 17.7 Å². The number of rotatable bonds is 4. The van der Waals surface area contributed by atoms with Gasteiger partial charge in [0.2, 0.25) is 0 Å². The van der Waals surface area contributed by atoms with E-state index < -0.39 is 5.60 Å². The Hall–Kier alpha value is -1.92. The van der Waals surface area contributed by atoms with Gasteiger partial charge in [0, 0.05) is 10.3 Å². The minimum atomic E-state index is -0.471. The molecule has 0 atom stereocenters. The minimum Gasteiger partial charge on any atom is -0.459 e. The molecular formula is C18H18N2O2S2. The Morgan fingerprint density at radius 1 is 1.21 bits per heavy atom. The topological polar surface area (TPSA) is 52.1 Å². The van der Waals surface area contributed by atoms with E-state index in [4.69, 9.17) is 4.74 Å². The Morgan fingerprint density at radius 2 is 1.96 bits per heavy atom. The summed E-state index contributed by atoms with van der Waals surface area (Å²) >= 11 is 3.02. The maximum Gasteiger partial charge on any atom is 0.316 e. The molecule has 6 heteroatoms. The number of carbonyl (C=O) groups is 1. The van der Waals surface area contributed by atoms with Crippen molar-refractivity contribution in [2.45, 2.75) is 31.4 Å². The molecule has 0 unspecified atom stereocenters. The zero-order valence-corrected chi connectivity index (χ0v) is 15.4. The van der Waals surface area contributed by atoms with Gasteiger partial charge in [0.1, 0.15) is 21.8 Å². The van der Waals surface area contributed by atoms with Crippen LogP contribution >= 0.6 is 23.1 Å². The van der Waals surface area contributed by atoms with E-state index in [-0.39, 0.29) is 11.7 Å². The SMILES string of the molecule is CC(C)(C)OC(=O)CSc1ncnc2sc(-c3ccccc3)cc12. The van der Waals surface area contributed by atoms with Crippen LogP contribution in [0.2, 0.25) is 0 Å². The number of hydrogen-bond donors (Lipinski definition) is 0. The molecule has 0 spiro atoms. The number of aromatic nitrogens is 2. The number of carbonyl (C=O) groups excluding carboxylic acids is 1. The van der Waals surface area contributed by atoms with Crippen LogP contribution < -0.4 is 0 Å². The van der Waals surface area contributed by atoms with Gasteiger partial charge in [0.15, 0.2) is 0 Å². The molecule has 0 aliphatic rings. The largest absolute Gasteiger partial charge is 0.459 e. The van der Waals surface area contributed by atoms with E-state index in [1.807, 2.05) is 39.0 Å². The van der Waals surface area contributed by atoms with Crippen molar-refractivity contribution in [1.82, 2.24) is 9.97 Å². The molecule has 124 valence electrons. The van der Waals surface area contributed by atoms with Gasteiger partial charge in [-0.1, -0.05) is 42.1 Å². The summed E-state index contributed by atoms with van der Waals surface area (Å²) in [6.45, 7) is 5.59. The molecule has 2 aromatic heterocycles. The Balaban J connectivity index is 1.82. The van der Waals surface area contributed by atoms with E-state index in [9.17, 15) is 4.79 Å². The fraction of sp³-hybridized carbons (Fsp3) is 0.278. The molecule has 0 bridgehead atoms. The first-order chi connectivity index (χ1) is 11.4. The van der Waals surface area contributed by atoms with Crippen LogP contribution in [0.4, 0.5) is 0 Å². The standard InChI is InChI=1S/C18H18N2O2S2/c1-18(2,3)22-15(21)10-23-16-13-9-14(12-7-5-4-6-8-12)24-17(13)20-11-19-16/h4-9,11H,10H2,1-3H3. The third-order valence-electron chi connectivity index (χ3n) is 3.10. The summed E-state index contributed by atoms with van der Waals surface area (Å²) in [6.07, 6.45) is 1.55. The van der Waals surface area contributed by atoms with Crippen LogP contribution in [0.3, 0.4) is 0 Å². The summed E-state index contributed by atoms with van der Waals surface area (Å²) in [4.78, 5) is 22.7. The summed E-state index contributed by atoms with van der Waals surface area (Å²) in [7, 11) is 0. The Labute approximate surface area is 149 Å². The number of nitrogens with zero attached hydrogens (tertiary/aromatic N) is 2. The number of thioether (sulfide) groups is 1. The van der Waals surface area contributed by atoms with E-state index in [2.05, 4.69) is 28.2 Å². The summed E-state index contributed by atoms with van der Waals surface area (Å²) < 4.78 is 5.35. The van der Waals surface area contributed by atoms with Gasteiger partial charge in [-0.25, -0.2) is 9.97 Å². The van der Waals surface area contributed by atoms with Crippen molar-refractivity contribution in [3.8, 4) is 10.4 Å². The molecule has 0 aliphatic heterocycles. The van der Waals surface area contributed by atoms with Gasteiger partial charge in [0.25, 0.3) is 0 Å². The molecular weight excluding hydrogens is 340 g/mol. The molecule has 4 nitrogen and oxygen atoms in total. The lowest BCUT2D eigenvalue weighted by Gasteiger charge is -2.19. The van der Waals surface area contributed by atoms with Crippen molar-refractivity contribution in [2.75, 3.05) is 5.75 Å². The van der Waals surface area contributed by atoms with Crippen LogP contribution in [0.15, 0.2) is 47.8 Å². The van der Waals surface area contributed by atoms with Gasteiger partial charge in [0.05, 0.1) is 5.75 Å². The van der Waals surface area contributed by atoms with Crippen LogP contribution in [0.5, 0.6) is 0 Å². The predicted octanol–water partition coefficient (Wildman–Crippen LogP) is 4.79. The van der Waals surface area contributed by atoms with Crippen LogP contribution in [0.1, 0.15) is 20.8 Å². The average molecular weight is 358 g/mol. The van der Waals surface area contributed by atoms with Crippen molar-refractivity contribution < 1.29 is 9.53 Å². The van der Waals surface area contributed by atoms with Gasteiger partial charge in [-0.2, -0.15) is 0 Å². The second-order valence-electron chi connectivity index (χ2n) is 6.25. The molecule has 0 amide bonds. The van der Waals surface area contributed by atoms with Gasteiger partial charge >= 0.3 is 5.97 Å². The highest BCUT2D eigenvalue weighted by Gasteiger charge is 2.17. The maximum atomic E-state index is 11.9. The third kappa shape index (κ3) is 4.13. The number of fused-ring (bicyclic) bond motifs is 1. The fourth-order valence-corrected chi connectivity index (χ4v) is 4.01. The second-order valence-corrected chi connectivity index (χ2v) is 8.24. The van der Waals surface area contributed by atoms with Crippen molar-refractivity contribution in [3.05, 3.63) is 42.7 Å². The lowest BCUT2D eigenvalue weighted by atomic mass is 10.2. The molecule has 1 aromatic carbocycles. The van der Waals surface area contributed by atoms with Crippen molar-refractivity contribution in [2.24, 2.45) is 0 Å². The van der Waals surface area contributed by atoms with Crippen LogP contribution in [-0.2, 0) is 9.53 Å². The zero-order valence-electron chi connectivity index (χ0n) is 13.8. The van der Waals surface area contributed by atoms with Gasteiger partial charge < -0.3 is 4.74 Å². The van der Waals surface area contributed by atoms with E-state index in [0.29, 0.717) is 0 Å². The molecule has 0 fully saturated rings. The fourth-order valence-electron chi connectivity index (χ4n) is 2.19. The number of ether oxygens (including phenoxy) is 1. The monoisotopic (exact) mass is 358 g/mol. The summed E-state index contributed by atoms with van der Waals surface area (Å²) in [6, 6.07) is 12.3. The molecule has 3 rings (SSSR count). The number of hydrogen-bond acceptors (Lipinski definition) is 6. The molecule has 2 heterocycles. The highest BCUT2D eigenvalue weighted by atomic mass is 32.2. The molecule has 0 aliphatic carbocycles. The molecule has 0 saturated carbocycles. The summed E-state index contributed by atoms with van der Waals surface area (Å²) in [5.41, 5.74) is 0.685. The predicted molar refractivity (Wildman–Crippen MR) is 99.4 cm³/mol. The van der Waals surface area contributed by atoms with Gasteiger partial charge in [-0.3, -0.25) is 4.79 Å². The maximum absolute atomic E-state index is 11.9. The highest BCUT2D eigenvalue weighted by molar-refractivity contribution is 8.00. The normalized spacial score (nSPS) is 11.6. The quantitative estimate of drug-likeness (QED) is 0.381. The van der Waals surface area contributed by atoms with Crippen LogP contribution in [0.25, 0.3) is 20.7 Å². The smallest absolute Gasteiger partial charge is 0.316 e. The van der Waals surface area contributed by atoms with E-state index in [0.717, 1.165) is 25.7 Å². The van der Waals surface area contributed by atoms with E-state index in [1.165, 1.54) is 11.8 Å². The average Bonchev–Trinajstić information content (AvgIpc) is 2.97. The zero-order chi connectivity index (χ0) is 17.2. The van der Waals surface area contributed by atoms with Crippen molar-refractivity contribution >= 4 is 39.3 Å². The second kappa shape index (κ2) is 6.91. The highest BCUT2D eigenvalue weighted by Crippen LogP contribution is 2.36. The van der Waals surface area contributed by atoms with Gasteiger partial charge in [-0.05, 0) is 32.4 Å². The molecule has 3 aromatic rings. The van der Waals surface area contributed by atoms with Crippen LogP contribution in [0, 0.1) is 0 Å². The first kappa shape index (κ1) is 16.9. The lowest BCUT2D eigenvalue weighted by molar-refractivity contribution is -0.151. The Morgan fingerprint density at radius 3 is 2.67 bits per heavy atom. The number of thiophene rings is 1. The van der Waals surface area contributed by atoms with Crippen molar-refractivity contribution in [1.29, 1.82) is 0 Å². The minimum absolute atomic E-state index is 0.236. The van der Waals surface area contributed by atoms with Gasteiger partial charge in [-0.15, -0.1) is 11.3 Å².